The van der Waals surface area contributed by atoms with Gasteiger partial charge in [-0.05, 0) is 36.5 Å². The van der Waals surface area contributed by atoms with E-state index in [2.05, 4.69) is 15.0 Å². The number of nitrogens with one attached hydrogen (secondary N) is 1. The molecule has 1 heterocycles. The molecule has 1 N–H and O–H groups in total. The maximum atomic E-state index is 13.0. The molecular formula is C17H24Cl2F4N2O. The molecule has 1 saturated carbocycles. The maximum Gasteiger partial charge on any atom is 0.461 e. The highest BCUT2D eigenvalue weighted by Gasteiger charge is 2.44. The van der Waals surface area contributed by atoms with E-state index in [9.17, 15) is 17.6 Å². The van der Waals surface area contributed by atoms with Gasteiger partial charge in [0.2, 0.25) is 0 Å². The van der Waals surface area contributed by atoms with Gasteiger partial charge in [-0.15, -0.1) is 24.8 Å². The normalized spacial score (nSPS) is 19.9. The molecule has 0 bridgehead atoms. The molecule has 0 aromatic heterocycles. The molecule has 1 atom stereocenters. The number of hydrogen-bond acceptors (Lipinski definition) is 3. The van der Waals surface area contributed by atoms with Crippen molar-refractivity contribution in [3.63, 3.8) is 0 Å². The van der Waals surface area contributed by atoms with Crippen LogP contribution >= 0.6 is 24.8 Å². The quantitative estimate of drug-likeness (QED) is 0.687. The number of alkyl halides is 4. The number of piperazine rings is 1. The highest BCUT2D eigenvalue weighted by atomic mass is 35.5. The Morgan fingerprint density at radius 3 is 2.08 bits per heavy atom. The van der Waals surface area contributed by atoms with Crippen molar-refractivity contribution in [1.82, 2.24) is 10.2 Å². The predicted octanol–water partition coefficient (Wildman–Crippen LogP) is 4.51. The summed E-state index contributed by atoms with van der Waals surface area (Å²) in [7, 11) is 0. The third-order valence-electron chi connectivity index (χ3n) is 4.87. The van der Waals surface area contributed by atoms with E-state index in [4.69, 9.17) is 0 Å². The number of rotatable bonds is 6. The first-order valence-corrected chi connectivity index (χ1v) is 8.37. The van der Waals surface area contributed by atoms with Gasteiger partial charge in [0, 0.05) is 32.2 Å². The van der Waals surface area contributed by atoms with Gasteiger partial charge in [-0.1, -0.05) is 18.6 Å². The van der Waals surface area contributed by atoms with E-state index in [1.54, 1.807) is 12.1 Å². The minimum atomic E-state index is -4.46. The van der Waals surface area contributed by atoms with Crippen molar-refractivity contribution in [2.24, 2.45) is 5.92 Å². The summed E-state index contributed by atoms with van der Waals surface area (Å²) in [6.07, 6.45) is -4.77. The van der Waals surface area contributed by atoms with Crippen LogP contribution in [0.3, 0.4) is 0 Å². The largest absolute Gasteiger partial charge is 0.461 e. The van der Waals surface area contributed by atoms with Crippen molar-refractivity contribution in [2.45, 2.75) is 37.8 Å². The van der Waals surface area contributed by atoms with Crippen LogP contribution in [0.5, 0.6) is 5.75 Å². The Bertz CT molecular complexity index is 538. The minimum absolute atomic E-state index is 0. The maximum absolute atomic E-state index is 13.0. The standard InChI is InChI=1S/C17H22F4N2O.2ClH/c18-16(19)17(20,21)24-14-6-4-13(5-7-14)15(12-2-1-3-12)23-10-8-22-9-11-23;;/h4-7,12,15-16,22H,1-3,8-11H2;2*1H/t15-;;/m1../s1. The van der Waals surface area contributed by atoms with Crippen molar-refractivity contribution >= 4 is 24.8 Å². The van der Waals surface area contributed by atoms with E-state index in [1.807, 2.05) is 0 Å². The zero-order valence-corrected chi connectivity index (χ0v) is 15.8. The summed E-state index contributed by atoms with van der Waals surface area (Å²) in [4.78, 5) is 2.42. The first-order valence-electron chi connectivity index (χ1n) is 8.37. The van der Waals surface area contributed by atoms with Gasteiger partial charge in [-0.3, -0.25) is 4.90 Å². The fraction of sp³-hybridized carbons (Fsp3) is 0.647. The third kappa shape index (κ3) is 5.38. The summed E-state index contributed by atoms with van der Waals surface area (Å²) >= 11 is 0. The Balaban J connectivity index is 0.00000169. The number of halogens is 6. The van der Waals surface area contributed by atoms with Gasteiger partial charge in [0.15, 0.2) is 0 Å². The summed E-state index contributed by atoms with van der Waals surface area (Å²) in [6.45, 7) is 3.77. The number of hydrogen-bond donors (Lipinski definition) is 1. The Labute approximate surface area is 163 Å². The molecule has 1 saturated heterocycles. The molecule has 2 fully saturated rings. The second-order valence-electron chi connectivity index (χ2n) is 6.46. The highest BCUT2D eigenvalue weighted by Crippen LogP contribution is 2.42. The van der Waals surface area contributed by atoms with Crippen LogP contribution in [0.1, 0.15) is 30.9 Å². The molecule has 1 aromatic rings. The first-order chi connectivity index (χ1) is 11.5. The zero-order valence-electron chi connectivity index (χ0n) is 14.2. The van der Waals surface area contributed by atoms with Gasteiger partial charge in [-0.2, -0.15) is 17.6 Å². The summed E-state index contributed by atoms with van der Waals surface area (Å²) in [6, 6.07) is 6.42. The average Bonchev–Trinajstić information content (AvgIpc) is 2.52. The van der Waals surface area contributed by atoms with Crippen LogP contribution in [0.4, 0.5) is 17.6 Å². The van der Waals surface area contributed by atoms with Gasteiger partial charge in [0.05, 0.1) is 0 Å². The van der Waals surface area contributed by atoms with Crippen LogP contribution in [0.25, 0.3) is 0 Å². The second kappa shape index (κ2) is 9.97. The molecule has 1 aliphatic heterocycles. The topological polar surface area (TPSA) is 24.5 Å². The Morgan fingerprint density at radius 1 is 1.04 bits per heavy atom. The monoisotopic (exact) mass is 418 g/mol. The van der Waals surface area contributed by atoms with E-state index in [0.29, 0.717) is 5.92 Å². The second-order valence-corrected chi connectivity index (χ2v) is 6.46. The summed E-state index contributed by atoms with van der Waals surface area (Å²) in [5.41, 5.74) is 1.04. The molecule has 0 spiro atoms. The predicted molar refractivity (Wildman–Crippen MR) is 97.0 cm³/mol. The SMILES string of the molecule is Cl.Cl.FC(F)C(F)(F)Oc1ccc([C@@H](C2CCC2)N2CCNCC2)cc1. The first kappa shape index (κ1) is 23.3. The van der Waals surface area contributed by atoms with Crippen molar-refractivity contribution in [3.8, 4) is 5.75 Å². The van der Waals surface area contributed by atoms with Crippen molar-refractivity contribution in [3.05, 3.63) is 29.8 Å². The van der Waals surface area contributed by atoms with Gasteiger partial charge in [-0.25, -0.2) is 0 Å². The van der Waals surface area contributed by atoms with Gasteiger partial charge < -0.3 is 10.1 Å². The van der Waals surface area contributed by atoms with E-state index >= 15 is 0 Å². The number of benzene rings is 1. The lowest BCUT2D eigenvalue weighted by molar-refractivity contribution is -0.253. The molecule has 0 unspecified atom stereocenters. The third-order valence-corrected chi connectivity index (χ3v) is 4.87. The van der Waals surface area contributed by atoms with Crippen LogP contribution in [0.2, 0.25) is 0 Å². The van der Waals surface area contributed by atoms with Crippen molar-refractivity contribution < 1.29 is 22.3 Å². The van der Waals surface area contributed by atoms with E-state index in [1.165, 1.54) is 18.6 Å². The Morgan fingerprint density at radius 2 is 1.62 bits per heavy atom. The van der Waals surface area contributed by atoms with E-state index in [0.717, 1.165) is 44.6 Å². The van der Waals surface area contributed by atoms with Gasteiger partial charge in [0.1, 0.15) is 5.75 Å². The van der Waals surface area contributed by atoms with E-state index < -0.39 is 12.5 Å². The van der Waals surface area contributed by atoms with Crippen molar-refractivity contribution in [1.29, 1.82) is 0 Å². The molecule has 3 nitrogen and oxygen atoms in total. The molecule has 26 heavy (non-hydrogen) atoms. The molecule has 150 valence electrons. The summed E-state index contributed by atoms with van der Waals surface area (Å²) < 4.78 is 54.6. The molecule has 0 radical (unpaired) electrons. The van der Waals surface area contributed by atoms with Crippen LogP contribution < -0.4 is 10.1 Å². The molecule has 1 aliphatic carbocycles. The Kier molecular flexibility index (Phi) is 8.93. The van der Waals surface area contributed by atoms with Crippen LogP contribution in [-0.2, 0) is 0 Å². The lowest BCUT2D eigenvalue weighted by atomic mass is 9.76. The molecule has 3 rings (SSSR count). The molecule has 0 amide bonds. The van der Waals surface area contributed by atoms with Crippen LogP contribution in [0.15, 0.2) is 24.3 Å². The number of nitrogens with zero attached hydrogens (tertiary/aromatic N) is 1. The van der Waals surface area contributed by atoms with E-state index in [-0.39, 0.29) is 36.6 Å². The van der Waals surface area contributed by atoms with Gasteiger partial charge in [0.25, 0.3) is 0 Å². The fourth-order valence-corrected chi connectivity index (χ4v) is 3.43. The average molecular weight is 419 g/mol. The minimum Gasteiger partial charge on any atom is -0.428 e. The van der Waals surface area contributed by atoms with Crippen LogP contribution in [-0.4, -0.2) is 43.6 Å². The lowest BCUT2D eigenvalue weighted by Crippen LogP contribution is -2.47. The Hall–Kier alpha value is -0.760. The fourth-order valence-electron chi connectivity index (χ4n) is 3.43. The van der Waals surface area contributed by atoms with Crippen molar-refractivity contribution in [2.75, 3.05) is 26.2 Å². The van der Waals surface area contributed by atoms with Crippen LogP contribution in [0, 0.1) is 5.92 Å². The highest BCUT2D eigenvalue weighted by molar-refractivity contribution is 5.85. The lowest BCUT2D eigenvalue weighted by Gasteiger charge is -2.43. The summed E-state index contributed by atoms with van der Waals surface area (Å²) in [5.74, 6) is 0.328. The molecule has 2 aliphatic rings. The smallest absolute Gasteiger partial charge is 0.428 e. The van der Waals surface area contributed by atoms with Gasteiger partial charge >= 0.3 is 12.5 Å². The molecule has 1 aromatic carbocycles. The molecule has 9 heteroatoms. The molecular weight excluding hydrogens is 395 g/mol. The summed E-state index contributed by atoms with van der Waals surface area (Å²) in [5, 5.41) is 3.33. The number of ether oxygens (including phenoxy) is 1. The zero-order chi connectivity index (χ0) is 17.2.